The maximum atomic E-state index is 14.4. The van der Waals surface area contributed by atoms with Crippen molar-refractivity contribution in [2.24, 2.45) is 0 Å². The number of fused-ring (bicyclic) bond motifs is 1. The molecule has 0 saturated carbocycles. The van der Waals surface area contributed by atoms with E-state index in [9.17, 15) is 4.39 Å². The summed E-state index contributed by atoms with van der Waals surface area (Å²) in [6.45, 7) is 0.562. The Labute approximate surface area is 154 Å². The number of hydrogen-bond acceptors (Lipinski definition) is 4. The Morgan fingerprint density at radius 2 is 2.08 bits per heavy atom. The molecule has 4 aromatic rings. The molecular formula is C19H17FN4OS. The van der Waals surface area contributed by atoms with Crippen LogP contribution >= 0.6 is 11.8 Å². The standard InChI is InChI=1S/C19H17FN4OS/c1-25-11-13-4-5-21-14(8-13)12-26-19-22-16-9-15(20)18(10-17(16)23-19)24-6-2-3-7-24/h2-10H,11-12H2,1H3,(H,22,23). The molecule has 7 heteroatoms. The number of aromatic amines is 1. The van der Waals surface area contributed by atoms with Gasteiger partial charge in [0.1, 0.15) is 5.82 Å². The van der Waals surface area contributed by atoms with Gasteiger partial charge in [-0.15, -0.1) is 0 Å². The van der Waals surface area contributed by atoms with Gasteiger partial charge in [-0.25, -0.2) is 9.37 Å². The highest BCUT2D eigenvalue weighted by molar-refractivity contribution is 7.98. The van der Waals surface area contributed by atoms with E-state index < -0.39 is 0 Å². The fourth-order valence-electron chi connectivity index (χ4n) is 2.76. The van der Waals surface area contributed by atoms with E-state index in [-0.39, 0.29) is 5.82 Å². The lowest BCUT2D eigenvalue weighted by atomic mass is 10.2. The Kier molecular flexibility index (Phi) is 4.73. The zero-order valence-corrected chi connectivity index (χ0v) is 15.0. The van der Waals surface area contributed by atoms with Crippen LogP contribution in [-0.4, -0.2) is 26.6 Å². The molecule has 0 saturated heterocycles. The SMILES string of the molecule is COCc1ccnc(CSc2nc3cc(-n4cccc4)c(F)cc3[nH]2)c1. The number of ether oxygens (including phenoxy) is 1. The summed E-state index contributed by atoms with van der Waals surface area (Å²) in [5.41, 5.74) is 3.94. The third kappa shape index (κ3) is 3.49. The largest absolute Gasteiger partial charge is 0.380 e. The smallest absolute Gasteiger partial charge is 0.166 e. The first kappa shape index (κ1) is 16.8. The lowest BCUT2D eigenvalue weighted by molar-refractivity contribution is 0.185. The first-order valence-electron chi connectivity index (χ1n) is 8.11. The van der Waals surface area contributed by atoms with Crippen molar-refractivity contribution in [1.82, 2.24) is 19.5 Å². The Hall–Kier alpha value is -2.64. The lowest BCUT2D eigenvalue weighted by Gasteiger charge is -2.03. The van der Waals surface area contributed by atoms with Gasteiger partial charge in [0.2, 0.25) is 0 Å². The van der Waals surface area contributed by atoms with E-state index in [2.05, 4.69) is 15.0 Å². The summed E-state index contributed by atoms with van der Waals surface area (Å²) >= 11 is 1.54. The number of rotatable bonds is 6. The van der Waals surface area contributed by atoms with E-state index in [1.807, 2.05) is 36.7 Å². The van der Waals surface area contributed by atoms with E-state index >= 15 is 0 Å². The first-order valence-corrected chi connectivity index (χ1v) is 9.09. The minimum atomic E-state index is -0.289. The predicted octanol–water partition coefficient (Wildman–Crippen LogP) is 4.33. The van der Waals surface area contributed by atoms with Crippen molar-refractivity contribution in [3.8, 4) is 5.69 Å². The van der Waals surface area contributed by atoms with Gasteiger partial charge in [0, 0.05) is 37.5 Å². The highest BCUT2D eigenvalue weighted by Gasteiger charge is 2.11. The Morgan fingerprint density at radius 1 is 1.23 bits per heavy atom. The van der Waals surface area contributed by atoms with Gasteiger partial charge >= 0.3 is 0 Å². The van der Waals surface area contributed by atoms with Gasteiger partial charge in [0.15, 0.2) is 5.16 Å². The topological polar surface area (TPSA) is 55.7 Å². The van der Waals surface area contributed by atoms with Gasteiger partial charge < -0.3 is 14.3 Å². The number of hydrogen-bond donors (Lipinski definition) is 1. The molecule has 0 aliphatic rings. The molecule has 0 atom stereocenters. The summed E-state index contributed by atoms with van der Waals surface area (Å²) in [6, 6.07) is 10.9. The molecule has 0 unspecified atom stereocenters. The molecule has 0 spiro atoms. The molecule has 26 heavy (non-hydrogen) atoms. The molecule has 5 nitrogen and oxygen atoms in total. The molecule has 4 rings (SSSR count). The van der Waals surface area contributed by atoms with Crippen molar-refractivity contribution in [2.45, 2.75) is 17.5 Å². The van der Waals surface area contributed by atoms with Crippen LogP contribution < -0.4 is 0 Å². The molecule has 0 aliphatic carbocycles. The van der Waals surface area contributed by atoms with Crippen LogP contribution in [0.5, 0.6) is 0 Å². The van der Waals surface area contributed by atoms with Crippen molar-refractivity contribution in [3.05, 3.63) is 72.1 Å². The number of halogens is 1. The van der Waals surface area contributed by atoms with E-state index in [1.54, 1.807) is 23.9 Å². The van der Waals surface area contributed by atoms with Gasteiger partial charge in [-0.05, 0) is 35.9 Å². The molecule has 0 amide bonds. The number of methoxy groups -OCH3 is 1. The summed E-state index contributed by atoms with van der Waals surface area (Å²) in [6.07, 6.45) is 5.40. The Balaban J connectivity index is 1.55. The second kappa shape index (κ2) is 7.31. The normalized spacial score (nSPS) is 11.3. The summed E-state index contributed by atoms with van der Waals surface area (Å²) in [7, 11) is 1.67. The van der Waals surface area contributed by atoms with Gasteiger partial charge in [-0.3, -0.25) is 4.98 Å². The maximum Gasteiger partial charge on any atom is 0.166 e. The number of nitrogens with zero attached hydrogens (tertiary/aromatic N) is 3. The van der Waals surface area contributed by atoms with Crippen molar-refractivity contribution >= 4 is 22.8 Å². The maximum absolute atomic E-state index is 14.4. The van der Waals surface area contributed by atoms with Crippen LogP contribution in [-0.2, 0) is 17.1 Å². The third-order valence-electron chi connectivity index (χ3n) is 3.96. The minimum Gasteiger partial charge on any atom is -0.380 e. The Bertz CT molecular complexity index is 1030. The average Bonchev–Trinajstić information content (AvgIpc) is 3.29. The summed E-state index contributed by atoms with van der Waals surface area (Å²) in [5.74, 6) is 0.382. The van der Waals surface area contributed by atoms with Crippen LogP contribution in [0, 0.1) is 5.82 Å². The van der Waals surface area contributed by atoms with Crippen LogP contribution in [0.15, 0.2) is 60.1 Å². The molecule has 0 fully saturated rings. The van der Waals surface area contributed by atoms with Crippen molar-refractivity contribution in [3.63, 3.8) is 0 Å². The fourth-order valence-corrected chi connectivity index (χ4v) is 3.55. The number of thioether (sulfide) groups is 1. The molecule has 1 N–H and O–H groups in total. The van der Waals surface area contributed by atoms with Gasteiger partial charge in [0.25, 0.3) is 0 Å². The molecule has 3 heterocycles. The van der Waals surface area contributed by atoms with Crippen LogP contribution in [0.1, 0.15) is 11.3 Å². The van der Waals surface area contributed by atoms with Crippen LogP contribution in [0.4, 0.5) is 4.39 Å². The zero-order valence-electron chi connectivity index (χ0n) is 14.1. The average molecular weight is 368 g/mol. The minimum absolute atomic E-state index is 0.289. The van der Waals surface area contributed by atoms with E-state index in [1.165, 1.54) is 17.8 Å². The lowest BCUT2D eigenvalue weighted by Crippen LogP contribution is -1.94. The fraction of sp³-hybridized carbons (Fsp3) is 0.158. The molecule has 3 aromatic heterocycles. The van der Waals surface area contributed by atoms with Crippen LogP contribution in [0.25, 0.3) is 16.7 Å². The van der Waals surface area contributed by atoms with Gasteiger partial charge in [-0.2, -0.15) is 0 Å². The van der Waals surface area contributed by atoms with Gasteiger partial charge in [-0.1, -0.05) is 11.8 Å². The number of benzene rings is 1. The quantitative estimate of drug-likeness (QED) is 0.515. The van der Waals surface area contributed by atoms with Crippen molar-refractivity contribution in [1.29, 1.82) is 0 Å². The second-order valence-electron chi connectivity index (χ2n) is 5.83. The number of nitrogens with one attached hydrogen (secondary N) is 1. The summed E-state index contributed by atoms with van der Waals surface area (Å²) in [4.78, 5) is 12.1. The summed E-state index contributed by atoms with van der Waals surface area (Å²) in [5, 5.41) is 0.739. The Morgan fingerprint density at radius 3 is 2.88 bits per heavy atom. The molecule has 132 valence electrons. The predicted molar refractivity (Wildman–Crippen MR) is 99.9 cm³/mol. The van der Waals surface area contributed by atoms with Crippen LogP contribution in [0.3, 0.4) is 0 Å². The van der Waals surface area contributed by atoms with Crippen molar-refractivity contribution < 1.29 is 9.13 Å². The van der Waals surface area contributed by atoms with E-state index in [0.29, 0.717) is 23.6 Å². The van der Waals surface area contributed by atoms with E-state index in [4.69, 9.17) is 4.74 Å². The highest BCUT2D eigenvalue weighted by Crippen LogP contribution is 2.26. The second-order valence-corrected chi connectivity index (χ2v) is 6.79. The molecule has 0 bridgehead atoms. The summed E-state index contributed by atoms with van der Waals surface area (Å²) < 4.78 is 21.2. The molecule has 0 aliphatic heterocycles. The number of imidazole rings is 1. The van der Waals surface area contributed by atoms with Crippen molar-refractivity contribution in [2.75, 3.05) is 7.11 Å². The van der Waals surface area contributed by atoms with Gasteiger partial charge in [0.05, 0.1) is 29.0 Å². The van der Waals surface area contributed by atoms with E-state index in [0.717, 1.165) is 21.9 Å². The number of pyridine rings is 1. The zero-order chi connectivity index (χ0) is 17.9. The first-order chi connectivity index (χ1) is 12.7. The highest BCUT2D eigenvalue weighted by atomic mass is 32.2. The third-order valence-corrected chi connectivity index (χ3v) is 4.87. The number of H-pyrrole nitrogens is 1. The monoisotopic (exact) mass is 368 g/mol. The van der Waals surface area contributed by atoms with Crippen LogP contribution in [0.2, 0.25) is 0 Å². The molecular weight excluding hydrogens is 351 g/mol. The number of aromatic nitrogens is 4. The molecule has 1 aromatic carbocycles. The molecule has 0 radical (unpaired) electrons.